The Kier molecular flexibility index (Phi) is 4.52. The molecule has 0 aliphatic heterocycles. The number of anilines is 1. The van der Waals surface area contributed by atoms with Crippen LogP contribution in [0, 0.1) is 11.7 Å². The van der Waals surface area contributed by atoms with E-state index >= 15 is 0 Å². The van der Waals surface area contributed by atoms with Crippen molar-refractivity contribution in [3.63, 3.8) is 0 Å². The molecule has 3 N–H and O–H groups in total. The monoisotopic (exact) mass is 291 g/mol. The van der Waals surface area contributed by atoms with Crippen LogP contribution < -0.4 is 11.1 Å². The van der Waals surface area contributed by atoms with Gasteiger partial charge >= 0.3 is 0 Å². The molecule has 1 aromatic carbocycles. The van der Waals surface area contributed by atoms with Gasteiger partial charge in [0.15, 0.2) is 0 Å². The first-order chi connectivity index (χ1) is 9.97. The second kappa shape index (κ2) is 6.34. The number of nitrogens with two attached hydrogens (primary N) is 1. The minimum Gasteiger partial charge on any atom is -0.378 e. The average molecular weight is 291 g/mol. The summed E-state index contributed by atoms with van der Waals surface area (Å²) in [7, 11) is 0. The molecule has 1 amide bonds. The van der Waals surface area contributed by atoms with E-state index in [0.717, 1.165) is 12.4 Å². The van der Waals surface area contributed by atoms with E-state index in [1.807, 2.05) is 4.68 Å². The predicted octanol–water partition coefficient (Wildman–Crippen LogP) is 1.78. The van der Waals surface area contributed by atoms with Crippen LogP contribution in [0.3, 0.4) is 0 Å². The Balaban J connectivity index is 2.08. The zero-order valence-corrected chi connectivity index (χ0v) is 12.0. The molecule has 0 unspecified atom stereocenters. The number of nitrogens with zero attached hydrogens (tertiary/aromatic N) is 3. The van der Waals surface area contributed by atoms with Crippen molar-refractivity contribution in [1.29, 1.82) is 0 Å². The maximum absolute atomic E-state index is 13.4. The molecule has 0 spiro atoms. The van der Waals surface area contributed by atoms with Gasteiger partial charge in [0.2, 0.25) is 0 Å². The van der Waals surface area contributed by atoms with Crippen LogP contribution in [0.25, 0.3) is 0 Å². The third kappa shape index (κ3) is 3.77. The van der Waals surface area contributed by atoms with Gasteiger partial charge in [0.25, 0.3) is 5.91 Å². The topological polar surface area (TPSA) is 85.8 Å². The number of hydrogen-bond acceptors (Lipinski definition) is 4. The Morgan fingerprint density at radius 2 is 2.24 bits per heavy atom. The summed E-state index contributed by atoms with van der Waals surface area (Å²) >= 11 is 0. The quantitative estimate of drug-likeness (QED) is 0.849. The van der Waals surface area contributed by atoms with Crippen LogP contribution in [-0.4, -0.2) is 20.7 Å². The van der Waals surface area contributed by atoms with Crippen molar-refractivity contribution >= 4 is 11.6 Å². The third-order valence-corrected chi connectivity index (χ3v) is 2.92. The lowest BCUT2D eigenvalue weighted by Crippen LogP contribution is -2.15. The molecule has 21 heavy (non-hydrogen) atoms. The van der Waals surface area contributed by atoms with Crippen LogP contribution in [0.2, 0.25) is 0 Å². The smallest absolute Gasteiger partial charge is 0.251 e. The molecule has 0 saturated heterocycles. The molecule has 2 rings (SSSR count). The number of carbonyl (C=O) groups excluding carboxylic acids is 1. The Labute approximate surface area is 122 Å². The van der Waals surface area contributed by atoms with E-state index in [1.165, 1.54) is 18.5 Å². The van der Waals surface area contributed by atoms with Gasteiger partial charge in [0, 0.05) is 12.2 Å². The fourth-order valence-corrected chi connectivity index (χ4v) is 1.93. The molecule has 1 aromatic heterocycles. The minimum absolute atomic E-state index is 0.136. The number of halogens is 1. The predicted molar refractivity (Wildman–Crippen MR) is 77.1 cm³/mol. The van der Waals surface area contributed by atoms with Gasteiger partial charge < -0.3 is 11.1 Å². The van der Waals surface area contributed by atoms with E-state index in [0.29, 0.717) is 18.2 Å². The van der Waals surface area contributed by atoms with E-state index in [1.54, 1.807) is 6.07 Å². The zero-order chi connectivity index (χ0) is 15.4. The lowest BCUT2D eigenvalue weighted by molar-refractivity contribution is 0.0996. The number of benzene rings is 1. The molecule has 0 aliphatic rings. The minimum atomic E-state index is -0.792. The lowest BCUT2D eigenvalue weighted by Gasteiger charge is -2.10. The van der Waals surface area contributed by atoms with E-state index in [4.69, 9.17) is 5.73 Å². The van der Waals surface area contributed by atoms with Crippen LogP contribution >= 0.6 is 0 Å². The first-order valence-electron chi connectivity index (χ1n) is 6.67. The fourth-order valence-electron chi connectivity index (χ4n) is 1.93. The number of hydrogen-bond donors (Lipinski definition) is 2. The number of rotatable bonds is 6. The summed E-state index contributed by atoms with van der Waals surface area (Å²) in [6.07, 6.45) is 1.50. The number of carbonyl (C=O) groups is 1. The number of amides is 1. The molecule has 0 atom stereocenters. The van der Waals surface area contributed by atoms with E-state index in [-0.39, 0.29) is 5.56 Å². The van der Waals surface area contributed by atoms with Crippen LogP contribution in [-0.2, 0) is 13.1 Å². The molecule has 0 aliphatic carbocycles. The van der Waals surface area contributed by atoms with E-state index in [9.17, 15) is 9.18 Å². The van der Waals surface area contributed by atoms with E-state index in [2.05, 4.69) is 29.2 Å². The molecule has 7 heteroatoms. The summed E-state index contributed by atoms with van der Waals surface area (Å²) in [5.41, 5.74) is 5.59. The first kappa shape index (κ1) is 15.0. The normalized spacial score (nSPS) is 10.9. The highest BCUT2D eigenvalue weighted by Gasteiger charge is 2.10. The fraction of sp³-hybridized carbons (Fsp3) is 0.357. The molecule has 0 fully saturated rings. The molecule has 112 valence electrons. The molecule has 0 saturated carbocycles. The highest BCUT2D eigenvalue weighted by molar-refractivity contribution is 5.94. The highest BCUT2D eigenvalue weighted by atomic mass is 19.1. The lowest BCUT2D eigenvalue weighted by atomic mass is 10.2. The molecule has 0 bridgehead atoms. The second-order valence-corrected chi connectivity index (χ2v) is 5.16. The van der Waals surface area contributed by atoms with Crippen molar-refractivity contribution in [2.24, 2.45) is 11.7 Å². The van der Waals surface area contributed by atoms with Gasteiger partial charge in [0.05, 0.1) is 12.1 Å². The molecule has 1 heterocycles. The van der Waals surface area contributed by atoms with Crippen molar-refractivity contribution in [3.8, 4) is 0 Å². The number of primary amides is 1. The maximum Gasteiger partial charge on any atom is 0.251 e. The van der Waals surface area contributed by atoms with Crippen molar-refractivity contribution in [1.82, 2.24) is 14.8 Å². The highest BCUT2D eigenvalue weighted by Crippen LogP contribution is 2.15. The van der Waals surface area contributed by atoms with Gasteiger partial charge in [-0.2, -0.15) is 5.10 Å². The Morgan fingerprint density at radius 1 is 1.48 bits per heavy atom. The maximum atomic E-state index is 13.4. The SMILES string of the molecule is CC(C)Cn1ncnc1CNc1ccc(F)c(C(N)=O)c1. The van der Waals surface area contributed by atoms with Gasteiger partial charge in [-0.15, -0.1) is 0 Å². The summed E-state index contributed by atoms with van der Waals surface area (Å²) < 4.78 is 15.2. The molecule has 6 nitrogen and oxygen atoms in total. The van der Waals surface area contributed by atoms with E-state index < -0.39 is 11.7 Å². The summed E-state index contributed by atoms with van der Waals surface area (Å²) in [6.45, 7) is 5.39. The Hall–Kier alpha value is -2.44. The molecule has 0 radical (unpaired) electrons. The largest absolute Gasteiger partial charge is 0.378 e. The first-order valence-corrected chi connectivity index (χ1v) is 6.67. The van der Waals surface area contributed by atoms with Crippen LogP contribution in [0.5, 0.6) is 0 Å². The Bertz CT molecular complexity index is 638. The van der Waals surface area contributed by atoms with Gasteiger partial charge in [-0.3, -0.25) is 4.79 Å². The van der Waals surface area contributed by atoms with Gasteiger partial charge in [-0.05, 0) is 24.1 Å². The molecular weight excluding hydrogens is 273 g/mol. The summed E-state index contributed by atoms with van der Waals surface area (Å²) in [5.74, 6) is -0.193. The summed E-state index contributed by atoms with van der Waals surface area (Å²) in [4.78, 5) is 15.3. The second-order valence-electron chi connectivity index (χ2n) is 5.16. The Morgan fingerprint density at radius 3 is 2.90 bits per heavy atom. The van der Waals surface area contributed by atoms with Gasteiger partial charge in [-0.25, -0.2) is 14.1 Å². The van der Waals surface area contributed by atoms with Crippen molar-refractivity contribution in [2.45, 2.75) is 26.9 Å². The average Bonchev–Trinajstić information content (AvgIpc) is 2.84. The number of aromatic nitrogens is 3. The molecule has 2 aromatic rings. The third-order valence-electron chi connectivity index (χ3n) is 2.92. The molecular formula is C14H18FN5O. The van der Waals surface area contributed by atoms with Crippen molar-refractivity contribution < 1.29 is 9.18 Å². The van der Waals surface area contributed by atoms with Crippen molar-refractivity contribution in [2.75, 3.05) is 5.32 Å². The zero-order valence-electron chi connectivity index (χ0n) is 12.0. The standard InChI is InChI=1S/C14H18FN5O/c1-9(2)7-20-13(18-8-19-20)6-17-10-3-4-12(15)11(5-10)14(16)21/h3-5,8-9,17H,6-7H2,1-2H3,(H2,16,21). The van der Waals surface area contributed by atoms with Crippen LogP contribution in [0.4, 0.5) is 10.1 Å². The summed E-state index contributed by atoms with van der Waals surface area (Å²) in [5, 5.41) is 7.25. The van der Waals surface area contributed by atoms with Gasteiger partial charge in [0.1, 0.15) is 18.0 Å². The summed E-state index contributed by atoms with van der Waals surface area (Å²) in [6, 6.07) is 4.15. The number of nitrogens with one attached hydrogen (secondary N) is 1. The van der Waals surface area contributed by atoms with Gasteiger partial charge in [-0.1, -0.05) is 13.8 Å². The van der Waals surface area contributed by atoms with Crippen LogP contribution in [0.1, 0.15) is 30.0 Å². The van der Waals surface area contributed by atoms with Crippen LogP contribution in [0.15, 0.2) is 24.5 Å². The van der Waals surface area contributed by atoms with Crippen molar-refractivity contribution in [3.05, 3.63) is 41.7 Å².